The highest BCUT2D eigenvalue weighted by molar-refractivity contribution is 5.92. The smallest absolute Gasteiger partial charge is 0.220 e. The fourth-order valence-corrected chi connectivity index (χ4v) is 2.98. The molecule has 2 heterocycles. The van der Waals surface area contributed by atoms with Crippen molar-refractivity contribution < 1.29 is 9.53 Å². The zero-order valence-electron chi connectivity index (χ0n) is 13.5. The molecule has 0 aliphatic carbocycles. The van der Waals surface area contributed by atoms with Gasteiger partial charge >= 0.3 is 0 Å². The summed E-state index contributed by atoms with van der Waals surface area (Å²) in [5.41, 5.74) is 9.16. The number of nitrogens with zero attached hydrogens (tertiary/aromatic N) is 2. The van der Waals surface area contributed by atoms with Gasteiger partial charge in [-0.2, -0.15) is 10.2 Å². The molecule has 1 saturated heterocycles. The second kappa shape index (κ2) is 6.39. The Morgan fingerprint density at radius 2 is 2.24 bits per heavy atom. The van der Waals surface area contributed by atoms with Gasteiger partial charge in [-0.3, -0.25) is 4.79 Å². The van der Waals surface area contributed by atoms with E-state index in [-0.39, 0.29) is 12.0 Å². The van der Waals surface area contributed by atoms with E-state index in [2.05, 4.69) is 21.6 Å². The summed E-state index contributed by atoms with van der Waals surface area (Å²) in [5, 5.41) is 11.8. The third-order valence-corrected chi connectivity index (χ3v) is 4.32. The third kappa shape index (κ3) is 3.10. The van der Waals surface area contributed by atoms with E-state index in [0.29, 0.717) is 25.1 Å². The van der Waals surface area contributed by atoms with Crippen molar-refractivity contribution in [3.63, 3.8) is 0 Å². The number of nitrogens with two attached hydrogens (primary N) is 1. The van der Waals surface area contributed by atoms with Crippen molar-refractivity contribution >= 4 is 22.5 Å². The summed E-state index contributed by atoms with van der Waals surface area (Å²) in [6, 6.07) is 14.6. The van der Waals surface area contributed by atoms with Gasteiger partial charge in [-0.15, -0.1) is 0 Å². The van der Waals surface area contributed by atoms with Crippen molar-refractivity contribution in [2.75, 3.05) is 12.3 Å². The molecule has 1 fully saturated rings. The number of fused-ring (bicyclic) bond motifs is 1. The van der Waals surface area contributed by atoms with Crippen LogP contribution in [0.2, 0.25) is 0 Å². The van der Waals surface area contributed by atoms with E-state index in [9.17, 15) is 4.79 Å². The predicted molar refractivity (Wildman–Crippen MR) is 94.9 cm³/mol. The van der Waals surface area contributed by atoms with Gasteiger partial charge in [-0.25, -0.2) is 0 Å². The van der Waals surface area contributed by atoms with E-state index >= 15 is 0 Å². The molecule has 1 amide bonds. The molecule has 0 saturated carbocycles. The van der Waals surface area contributed by atoms with Crippen molar-refractivity contribution in [3.8, 4) is 16.9 Å². The minimum absolute atomic E-state index is 0.0326. The SMILES string of the molecule is Nc1cnnc2cc(-c3c[c]ccc3OC3CCC(=O)NC3)ccc12. The van der Waals surface area contributed by atoms with Crippen LogP contribution >= 0.6 is 0 Å². The average Bonchev–Trinajstić information content (AvgIpc) is 2.64. The van der Waals surface area contributed by atoms with Gasteiger partial charge in [0.25, 0.3) is 0 Å². The molecule has 1 aliphatic rings. The molecule has 1 aliphatic heterocycles. The standard InChI is InChI=1S/C19H17N4O2/c20-16-11-22-23-17-9-12(5-7-15(16)17)14-3-1-2-4-18(14)25-13-6-8-19(24)21-10-13/h2-5,7,9,11,13H,6,8,10H2,(H2,20,23)(H,21,24). The Morgan fingerprint density at radius 1 is 1.32 bits per heavy atom. The number of piperidine rings is 1. The van der Waals surface area contributed by atoms with E-state index in [1.807, 2.05) is 36.4 Å². The van der Waals surface area contributed by atoms with Crippen LogP contribution in [0.25, 0.3) is 22.0 Å². The van der Waals surface area contributed by atoms with Crippen LogP contribution in [0.4, 0.5) is 5.69 Å². The minimum Gasteiger partial charge on any atom is -0.488 e. The van der Waals surface area contributed by atoms with Gasteiger partial charge in [0.15, 0.2) is 0 Å². The third-order valence-electron chi connectivity index (χ3n) is 4.32. The second-order valence-corrected chi connectivity index (χ2v) is 6.04. The molecule has 6 nitrogen and oxygen atoms in total. The van der Waals surface area contributed by atoms with Crippen molar-refractivity contribution in [3.05, 3.63) is 48.7 Å². The van der Waals surface area contributed by atoms with Crippen molar-refractivity contribution in [1.82, 2.24) is 15.5 Å². The maximum atomic E-state index is 11.3. The van der Waals surface area contributed by atoms with Gasteiger partial charge in [0.05, 0.1) is 23.9 Å². The largest absolute Gasteiger partial charge is 0.488 e. The zero-order chi connectivity index (χ0) is 17.2. The van der Waals surface area contributed by atoms with Crippen LogP contribution in [-0.2, 0) is 4.79 Å². The van der Waals surface area contributed by atoms with E-state index in [1.165, 1.54) is 0 Å². The number of carbonyl (C=O) groups is 1. The first-order chi connectivity index (χ1) is 12.2. The summed E-state index contributed by atoms with van der Waals surface area (Å²) >= 11 is 0. The summed E-state index contributed by atoms with van der Waals surface area (Å²) in [6.07, 6.45) is 2.71. The Hall–Kier alpha value is -3.15. The monoisotopic (exact) mass is 333 g/mol. The topological polar surface area (TPSA) is 90.1 Å². The Bertz CT molecular complexity index is 932. The molecular formula is C19H17N4O2. The highest BCUT2D eigenvalue weighted by Gasteiger charge is 2.20. The molecule has 1 radical (unpaired) electrons. The van der Waals surface area contributed by atoms with Crippen molar-refractivity contribution in [2.24, 2.45) is 0 Å². The van der Waals surface area contributed by atoms with Crippen LogP contribution in [0.3, 0.4) is 0 Å². The fraction of sp³-hybridized carbons (Fsp3) is 0.211. The second-order valence-electron chi connectivity index (χ2n) is 6.04. The number of rotatable bonds is 3. The Morgan fingerprint density at radius 3 is 3.08 bits per heavy atom. The highest BCUT2D eigenvalue weighted by Crippen LogP contribution is 2.33. The van der Waals surface area contributed by atoms with Gasteiger partial charge in [-0.1, -0.05) is 12.1 Å². The number of hydrogen-bond donors (Lipinski definition) is 2. The molecule has 1 unspecified atom stereocenters. The lowest BCUT2D eigenvalue weighted by Crippen LogP contribution is -2.40. The van der Waals surface area contributed by atoms with E-state index in [0.717, 1.165) is 27.8 Å². The number of anilines is 1. The molecule has 0 spiro atoms. The molecule has 3 N–H and O–H groups in total. The number of nitrogen functional groups attached to an aromatic ring is 1. The first-order valence-electron chi connectivity index (χ1n) is 8.15. The average molecular weight is 333 g/mol. The maximum absolute atomic E-state index is 11.3. The van der Waals surface area contributed by atoms with Gasteiger partial charge < -0.3 is 15.8 Å². The molecule has 0 bridgehead atoms. The first kappa shape index (κ1) is 15.4. The van der Waals surface area contributed by atoms with Gasteiger partial charge in [0.2, 0.25) is 5.91 Å². The molecule has 125 valence electrons. The van der Waals surface area contributed by atoms with Crippen LogP contribution in [0.15, 0.2) is 42.6 Å². The molecular weight excluding hydrogens is 316 g/mol. The zero-order valence-corrected chi connectivity index (χ0v) is 13.5. The number of ether oxygens (including phenoxy) is 1. The Labute approximate surface area is 145 Å². The van der Waals surface area contributed by atoms with Crippen molar-refractivity contribution in [1.29, 1.82) is 0 Å². The molecule has 4 rings (SSSR count). The maximum Gasteiger partial charge on any atom is 0.220 e. The normalized spacial score (nSPS) is 17.3. The summed E-state index contributed by atoms with van der Waals surface area (Å²) in [5.74, 6) is 0.836. The number of carbonyl (C=O) groups excluding carboxylic acids is 1. The Balaban J connectivity index is 1.67. The van der Waals surface area contributed by atoms with E-state index < -0.39 is 0 Å². The lowest BCUT2D eigenvalue weighted by Gasteiger charge is -2.24. The molecule has 6 heteroatoms. The fourth-order valence-electron chi connectivity index (χ4n) is 2.98. The Kier molecular flexibility index (Phi) is 3.93. The van der Waals surface area contributed by atoms with E-state index in [4.69, 9.17) is 10.5 Å². The minimum atomic E-state index is -0.0326. The van der Waals surface area contributed by atoms with Crippen molar-refractivity contribution in [2.45, 2.75) is 18.9 Å². The summed E-state index contributed by atoms with van der Waals surface area (Å²) in [4.78, 5) is 11.3. The number of hydrogen-bond acceptors (Lipinski definition) is 5. The quantitative estimate of drug-likeness (QED) is 0.768. The predicted octanol–water partition coefficient (Wildman–Crippen LogP) is 2.34. The summed E-state index contributed by atoms with van der Waals surface area (Å²) in [7, 11) is 0. The van der Waals surface area contributed by atoms with Crippen LogP contribution < -0.4 is 15.8 Å². The van der Waals surface area contributed by atoms with Crippen LogP contribution in [0.1, 0.15) is 12.8 Å². The molecule has 25 heavy (non-hydrogen) atoms. The van der Waals surface area contributed by atoms with E-state index in [1.54, 1.807) is 6.20 Å². The summed E-state index contributed by atoms with van der Waals surface area (Å²) < 4.78 is 6.13. The number of benzene rings is 2. The summed E-state index contributed by atoms with van der Waals surface area (Å²) in [6.45, 7) is 0.524. The van der Waals surface area contributed by atoms with Gasteiger partial charge in [0.1, 0.15) is 11.9 Å². The van der Waals surface area contributed by atoms with Crippen LogP contribution in [0, 0.1) is 6.07 Å². The molecule has 1 aromatic heterocycles. The molecule has 3 aromatic rings. The number of aromatic nitrogens is 2. The lowest BCUT2D eigenvalue weighted by molar-refractivity contribution is -0.123. The number of amides is 1. The lowest BCUT2D eigenvalue weighted by atomic mass is 10.0. The number of nitrogens with one attached hydrogen (secondary N) is 1. The molecule has 2 aromatic carbocycles. The van der Waals surface area contributed by atoms with Gasteiger partial charge in [0, 0.05) is 17.4 Å². The van der Waals surface area contributed by atoms with Gasteiger partial charge in [-0.05, 0) is 42.3 Å². The molecule has 1 atom stereocenters. The van der Waals surface area contributed by atoms with Crippen LogP contribution in [0.5, 0.6) is 5.75 Å². The highest BCUT2D eigenvalue weighted by atomic mass is 16.5. The first-order valence-corrected chi connectivity index (χ1v) is 8.15. The van der Waals surface area contributed by atoms with Crippen LogP contribution in [-0.4, -0.2) is 28.8 Å².